The molecule has 154 valence electrons. The lowest BCUT2D eigenvalue weighted by atomic mass is 10.1. The summed E-state index contributed by atoms with van der Waals surface area (Å²) in [5.41, 5.74) is -0.0598. The van der Waals surface area contributed by atoms with E-state index in [2.05, 4.69) is 0 Å². The Morgan fingerprint density at radius 3 is 2.32 bits per heavy atom. The van der Waals surface area contributed by atoms with Crippen LogP contribution in [0.4, 0.5) is 0 Å². The third kappa shape index (κ3) is 5.83. The van der Waals surface area contributed by atoms with Crippen LogP contribution < -0.4 is 4.57 Å². The van der Waals surface area contributed by atoms with Crippen molar-refractivity contribution in [2.45, 2.75) is 44.8 Å². The van der Waals surface area contributed by atoms with Crippen molar-refractivity contribution in [1.29, 1.82) is 0 Å². The zero-order valence-electron chi connectivity index (χ0n) is 15.1. The molecule has 3 N–H and O–H groups in total. The van der Waals surface area contributed by atoms with Gasteiger partial charge >= 0.3 is 31.7 Å². The summed E-state index contributed by atoms with van der Waals surface area (Å²) in [5.74, 6) is -2.58. The number of carbonyl (C=O) groups excluding carboxylic acids is 2. The highest BCUT2D eigenvalue weighted by Crippen LogP contribution is 2.39. The van der Waals surface area contributed by atoms with Gasteiger partial charge in [-0.15, -0.1) is 0 Å². The zero-order chi connectivity index (χ0) is 21.1. The Labute approximate surface area is 160 Å². The van der Waals surface area contributed by atoms with Crippen LogP contribution >= 0.6 is 7.60 Å². The number of pyridine rings is 1. The molecule has 1 aliphatic rings. The molecule has 1 fully saturated rings. The fourth-order valence-corrected chi connectivity index (χ4v) is 3.50. The van der Waals surface area contributed by atoms with Crippen LogP contribution in [-0.2, 0) is 28.4 Å². The Kier molecular flexibility index (Phi) is 6.89. The molecule has 0 aromatic carbocycles. The van der Waals surface area contributed by atoms with E-state index in [0.717, 1.165) is 13.8 Å². The van der Waals surface area contributed by atoms with E-state index >= 15 is 0 Å². The lowest BCUT2D eigenvalue weighted by molar-refractivity contribution is -0.765. The molecular formula is C16H21NO10P+. The van der Waals surface area contributed by atoms with Crippen LogP contribution in [0.5, 0.6) is 0 Å². The molecule has 0 radical (unpaired) electrons. The molecule has 0 saturated carbocycles. The van der Waals surface area contributed by atoms with Crippen LogP contribution in [0.3, 0.4) is 0 Å². The summed E-state index contributed by atoms with van der Waals surface area (Å²) in [6.07, 6.45) is -2.29. The predicted molar refractivity (Wildman–Crippen MR) is 90.1 cm³/mol. The van der Waals surface area contributed by atoms with Gasteiger partial charge in [0.2, 0.25) is 6.10 Å². The maximum Gasteiger partial charge on any atom is 0.341 e. The van der Waals surface area contributed by atoms with E-state index in [4.69, 9.17) is 29.1 Å². The fourth-order valence-electron chi connectivity index (χ4n) is 2.90. The summed E-state index contributed by atoms with van der Waals surface area (Å²) in [7, 11) is -4.35. The molecule has 4 atom stereocenters. The normalized spacial score (nSPS) is 24.6. The first-order valence-electron chi connectivity index (χ1n) is 8.26. The Hall–Kier alpha value is -2.33. The second-order valence-corrected chi connectivity index (χ2v) is 8.01. The van der Waals surface area contributed by atoms with E-state index in [9.17, 15) is 18.9 Å². The highest BCUT2D eigenvalue weighted by molar-refractivity contribution is 7.51. The predicted octanol–water partition coefficient (Wildman–Crippen LogP) is 0.000900. The second-order valence-electron chi connectivity index (χ2n) is 6.24. The van der Waals surface area contributed by atoms with E-state index < -0.39 is 56.2 Å². The van der Waals surface area contributed by atoms with Gasteiger partial charge in [0.25, 0.3) is 0 Å². The van der Waals surface area contributed by atoms with E-state index in [1.165, 1.54) is 29.1 Å². The van der Waals surface area contributed by atoms with Crippen LogP contribution in [0.15, 0.2) is 24.5 Å². The van der Waals surface area contributed by atoms with Crippen LogP contribution in [0, 0.1) is 0 Å². The molecule has 11 nitrogen and oxygen atoms in total. The first-order chi connectivity index (χ1) is 13.0. The minimum Gasteiger partial charge on any atom is -0.477 e. The van der Waals surface area contributed by atoms with Crippen molar-refractivity contribution in [3.05, 3.63) is 30.1 Å². The molecule has 0 unspecified atom stereocenters. The molecule has 1 aromatic heterocycles. The standard InChI is InChI=1S/C16H20NO10P/c1-9(18)25-13-12(5-7-28(22,23)24)27-15(14(13)26-10(2)19)17-6-3-4-11(8-17)16(20)21/h3-4,6,8,12-15H,5,7H2,1-2H3,(H2-,20,21,22,23,24)/p+1/t12-,13-,14-,15-/m1/s1. The number of aromatic nitrogens is 1. The average Bonchev–Trinajstić information content (AvgIpc) is 2.89. The molecule has 0 aliphatic carbocycles. The van der Waals surface area contributed by atoms with Crippen molar-refractivity contribution < 1.29 is 52.6 Å². The van der Waals surface area contributed by atoms with Crippen LogP contribution in [0.1, 0.15) is 36.9 Å². The molecule has 0 spiro atoms. The number of carboxylic acid groups (broad SMARTS) is 1. The van der Waals surface area contributed by atoms with Crippen LogP contribution in [0.25, 0.3) is 0 Å². The van der Waals surface area contributed by atoms with E-state index in [-0.39, 0.29) is 12.0 Å². The SMILES string of the molecule is CC(=O)O[C@@H]1[C@H](OC(C)=O)[C@@H](CCP(=O)(O)O)O[C@H]1[n+]1cccc(C(=O)O)c1. The molecule has 1 aromatic rings. The quantitative estimate of drug-likeness (QED) is 0.312. The van der Waals surface area contributed by atoms with Gasteiger partial charge in [-0.1, -0.05) is 0 Å². The molecule has 0 amide bonds. The number of carbonyl (C=O) groups is 3. The largest absolute Gasteiger partial charge is 0.477 e. The van der Waals surface area contributed by atoms with Crippen molar-refractivity contribution in [3.8, 4) is 0 Å². The van der Waals surface area contributed by atoms with E-state index in [1.54, 1.807) is 0 Å². The van der Waals surface area contributed by atoms with Gasteiger partial charge in [-0.25, -0.2) is 4.79 Å². The van der Waals surface area contributed by atoms with E-state index in [1.807, 2.05) is 0 Å². The number of nitrogens with zero attached hydrogens (tertiary/aromatic N) is 1. The minimum absolute atomic E-state index is 0.0598. The van der Waals surface area contributed by atoms with Gasteiger partial charge < -0.3 is 29.1 Å². The van der Waals surface area contributed by atoms with Gasteiger partial charge in [0.15, 0.2) is 18.5 Å². The van der Waals surface area contributed by atoms with Gasteiger partial charge in [0.05, 0.1) is 6.16 Å². The summed E-state index contributed by atoms with van der Waals surface area (Å²) in [6.45, 7) is 2.28. The Balaban J connectivity index is 2.39. The van der Waals surface area contributed by atoms with Crippen molar-refractivity contribution in [2.75, 3.05) is 6.16 Å². The fraction of sp³-hybridized carbons (Fsp3) is 0.500. The summed E-state index contributed by atoms with van der Waals surface area (Å²) in [4.78, 5) is 52.5. The highest BCUT2D eigenvalue weighted by Gasteiger charge is 2.54. The molecule has 2 heterocycles. The smallest absolute Gasteiger partial charge is 0.341 e. The van der Waals surface area contributed by atoms with Crippen molar-refractivity contribution >= 4 is 25.5 Å². The molecule has 28 heavy (non-hydrogen) atoms. The molecule has 0 bridgehead atoms. The molecule has 2 rings (SSSR count). The molecule has 1 aliphatic heterocycles. The van der Waals surface area contributed by atoms with Gasteiger partial charge in [-0.05, 0) is 12.5 Å². The second kappa shape index (κ2) is 8.78. The number of esters is 2. The number of rotatable bonds is 7. The Morgan fingerprint density at radius 1 is 1.18 bits per heavy atom. The highest BCUT2D eigenvalue weighted by atomic mass is 31.2. The first-order valence-corrected chi connectivity index (χ1v) is 10.1. The maximum absolute atomic E-state index is 11.6. The first kappa shape index (κ1) is 22.0. The van der Waals surface area contributed by atoms with Crippen molar-refractivity contribution in [2.24, 2.45) is 0 Å². The Morgan fingerprint density at radius 2 is 1.79 bits per heavy atom. The summed E-state index contributed by atoms with van der Waals surface area (Å²) >= 11 is 0. The van der Waals surface area contributed by atoms with Crippen LogP contribution in [-0.4, -0.2) is 57.3 Å². The Bertz CT molecular complexity index is 806. The average molecular weight is 418 g/mol. The summed E-state index contributed by atoms with van der Waals surface area (Å²) < 4.78 is 28.8. The van der Waals surface area contributed by atoms with Gasteiger partial charge in [0, 0.05) is 19.9 Å². The number of carboxylic acids is 1. The number of ether oxygens (including phenoxy) is 3. The summed E-state index contributed by atoms with van der Waals surface area (Å²) in [5, 5.41) is 9.16. The van der Waals surface area contributed by atoms with Crippen molar-refractivity contribution in [1.82, 2.24) is 0 Å². The van der Waals surface area contributed by atoms with Crippen molar-refractivity contribution in [3.63, 3.8) is 0 Å². The number of hydrogen-bond donors (Lipinski definition) is 3. The van der Waals surface area contributed by atoms with Gasteiger partial charge in [-0.2, -0.15) is 4.57 Å². The number of aromatic carboxylic acids is 1. The topological polar surface area (TPSA) is 161 Å². The monoisotopic (exact) mass is 418 g/mol. The summed E-state index contributed by atoms with van der Waals surface area (Å²) in [6, 6.07) is 2.80. The van der Waals surface area contributed by atoms with Gasteiger partial charge in [-0.3, -0.25) is 14.2 Å². The minimum atomic E-state index is -4.35. The number of hydrogen-bond acceptors (Lipinski definition) is 7. The lowest BCUT2D eigenvalue weighted by Gasteiger charge is -2.21. The third-order valence-electron chi connectivity index (χ3n) is 3.96. The van der Waals surface area contributed by atoms with Gasteiger partial charge in [0.1, 0.15) is 11.7 Å². The third-order valence-corrected chi connectivity index (χ3v) is 4.80. The van der Waals surface area contributed by atoms with Crippen LogP contribution in [0.2, 0.25) is 0 Å². The lowest BCUT2D eigenvalue weighted by Crippen LogP contribution is -2.48. The zero-order valence-corrected chi connectivity index (χ0v) is 16.0. The van der Waals surface area contributed by atoms with E-state index in [0.29, 0.717) is 0 Å². The molecule has 12 heteroatoms. The molecular weight excluding hydrogens is 397 g/mol. The molecule has 1 saturated heterocycles. The maximum atomic E-state index is 11.6.